The van der Waals surface area contributed by atoms with Gasteiger partial charge in [0.05, 0.1) is 16.3 Å². The van der Waals surface area contributed by atoms with Crippen molar-refractivity contribution in [1.29, 1.82) is 0 Å². The summed E-state index contributed by atoms with van der Waals surface area (Å²) in [6.07, 6.45) is 0. The summed E-state index contributed by atoms with van der Waals surface area (Å²) >= 11 is 6.93. The molecule has 4 rings (SSSR count). The Labute approximate surface area is 173 Å². The second-order valence-corrected chi connectivity index (χ2v) is 10.7. The van der Waals surface area contributed by atoms with Gasteiger partial charge in [-0.15, -0.1) is 11.3 Å². The number of hydrazine groups is 1. The van der Waals surface area contributed by atoms with Gasteiger partial charge in [0, 0.05) is 32.7 Å². The van der Waals surface area contributed by atoms with E-state index in [2.05, 4.69) is 10.9 Å². The number of thiophene rings is 1. The van der Waals surface area contributed by atoms with Crippen LogP contribution in [-0.2, 0) is 14.8 Å². The van der Waals surface area contributed by atoms with Gasteiger partial charge < -0.3 is 4.90 Å². The van der Waals surface area contributed by atoms with Gasteiger partial charge in [-0.1, -0.05) is 41.9 Å². The maximum Gasteiger partial charge on any atom is 0.252 e. The van der Waals surface area contributed by atoms with Crippen LogP contribution in [0.2, 0.25) is 4.34 Å². The summed E-state index contributed by atoms with van der Waals surface area (Å²) in [5.74, 6) is -0.177. The van der Waals surface area contributed by atoms with Crippen molar-refractivity contribution in [3.05, 3.63) is 52.4 Å². The fourth-order valence-electron chi connectivity index (χ4n) is 3.65. The summed E-state index contributed by atoms with van der Waals surface area (Å²) < 4.78 is 27.6. The highest BCUT2D eigenvalue weighted by molar-refractivity contribution is 7.91. The first kappa shape index (κ1) is 19.8. The van der Waals surface area contributed by atoms with Crippen molar-refractivity contribution < 1.29 is 13.2 Å². The summed E-state index contributed by atoms with van der Waals surface area (Å²) in [5.41, 5.74) is 7.32. The number of hydrogen-bond acceptors (Lipinski definition) is 6. The van der Waals surface area contributed by atoms with Crippen molar-refractivity contribution in [3.8, 4) is 0 Å². The Balaban J connectivity index is 1.41. The first-order valence-corrected chi connectivity index (χ1v) is 11.7. The third-order valence-corrected chi connectivity index (χ3v) is 8.75. The molecule has 0 radical (unpaired) electrons. The Morgan fingerprint density at radius 3 is 2.43 bits per heavy atom. The van der Waals surface area contributed by atoms with Crippen LogP contribution in [0, 0.1) is 5.92 Å². The van der Waals surface area contributed by atoms with E-state index < -0.39 is 10.0 Å². The maximum atomic E-state index is 13.1. The molecule has 7 nitrogen and oxygen atoms in total. The molecule has 0 aliphatic carbocycles. The van der Waals surface area contributed by atoms with Crippen molar-refractivity contribution in [2.45, 2.75) is 10.3 Å². The van der Waals surface area contributed by atoms with Gasteiger partial charge in [0.15, 0.2) is 0 Å². The van der Waals surface area contributed by atoms with E-state index in [4.69, 9.17) is 11.6 Å². The number of nitrogens with one attached hydrogen (secondary N) is 2. The fourth-order valence-corrected chi connectivity index (χ4v) is 6.71. The zero-order valence-corrected chi connectivity index (χ0v) is 17.4. The third-order valence-electron chi connectivity index (χ3n) is 5.15. The van der Waals surface area contributed by atoms with Gasteiger partial charge in [-0.05, 0) is 17.7 Å². The minimum atomic E-state index is -3.56. The zero-order valence-electron chi connectivity index (χ0n) is 15.0. The highest BCUT2D eigenvalue weighted by Crippen LogP contribution is 2.30. The highest BCUT2D eigenvalue weighted by Gasteiger charge is 2.38. The van der Waals surface area contributed by atoms with Crippen LogP contribution in [0.15, 0.2) is 46.7 Å². The van der Waals surface area contributed by atoms with Gasteiger partial charge in [-0.25, -0.2) is 13.8 Å². The molecule has 10 heteroatoms. The van der Waals surface area contributed by atoms with E-state index in [9.17, 15) is 13.2 Å². The number of rotatable bonds is 4. The zero-order chi connectivity index (χ0) is 19.7. The lowest BCUT2D eigenvalue weighted by atomic mass is 9.93. The van der Waals surface area contributed by atoms with Crippen LogP contribution in [0.5, 0.6) is 0 Å². The standard InChI is InChI=1S/C18H21ClN4O3S2/c19-15-6-7-16(27-15)28(25,26)23-10-8-22(9-11-23)18(24)14-12-20-21-17(14)13-4-2-1-3-5-13/h1-7,14,17,20-21H,8-12H2. The molecule has 1 aromatic heterocycles. The fraction of sp³-hybridized carbons (Fsp3) is 0.389. The molecule has 2 aliphatic rings. The second-order valence-electron chi connectivity index (χ2n) is 6.81. The van der Waals surface area contributed by atoms with Gasteiger partial charge >= 0.3 is 0 Å². The van der Waals surface area contributed by atoms with Crippen LogP contribution in [0.4, 0.5) is 0 Å². The normalized spacial score (nSPS) is 23.8. The predicted octanol–water partition coefficient (Wildman–Crippen LogP) is 1.70. The molecule has 1 amide bonds. The molecular formula is C18H21ClN4O3S2. The van der Waals surface area contributed by atoms with Crippen LogP contribution >= 0.6 is 22.9 Å². The average Bonchev–Trinajstić information content (AvgIpc) is 3.38. The van der Waals surface area contributed by atoms with Crippen LogP contribution in [0.25, 0.3) is 0 Å². The summed E-state index contributed by atoms with van der Waals surface area (Å²) in [6, 6.07) is 12.9. The maximum absolute atomic E-state index is 13.1. The number of halogens is 1. The second kappa shape index (κ2) is 8.10. The number of carbonyl (C=O) groups excluding carboxylic acids is 1. The van der Waals surface area contributed by atoms with Crippen molar-refractivity contribution >= 4 is 38.9 Å². The average molecular weight is 441 g/mol. The van der Waals surface area contributed by atoms with Crippen LogP contribution in [0.1, 0.15) is 11.6 Å². The Morgan fingerprint density at radius 2 is 1.79 bits per heavy atom. The lowest BCUT2D eigenvalue weighted by molar-refractivity contribution is -0.136. The molecule has 2 aliphatic heterocycles. The van der Waals surface area contributed by atoms with Gasteiger partial charge in [-0.2, -0.15) is 4.31 Å². The summed E-state index contributed by atoms with van der Waals surface area (Å²) in [4.78, 5) is 14.8. The third kappa shape index (κ3) is 3.83. The molecule has 3 heterocycles. The number of benzene rings is 1. The smallest absolute Gasteiger partial charge is 0.252 e. The van der Waals surface area contributed by atoms with Gasteiger partial charge in [0.2, 0.25) is 5.91 Å². The van der Waals surface area contributed by atoms with E-state index in [1.165, 1.54) is 10.4 Å². The molecule has 2 fully saturated rings. The number of nitrogens with zero attached hydrogens (tertiary/aromatic N) is 2. The minimum absolute atomic E-state index is 0.0440. The Kier molecular flexibility index (Phi) is 5.73. The number of sulfonamides is 1. The summed E-state index contributed by atoms with van der Waals surface area (Å²) in [5, 5.41) is 0. The van der Waals surface area contributed by atoms with E-state index in [0.29, 0.717) is 24.0 Å². The molecule has 0 saturated carbocycles. The molecule has 28 heavy (non-hydrogen) atoms. The molecule has 0 bridgehead atoms. The monoisotopic (exact) mass is 440 g/mol. The molecular weight excluding hydrogens is 420 g/mol. The van der Waals surface area contributed by atoms with E-state index in [0.717, 1.165) is 16.9 Å². The SMILES string of the molecule is O=C(C1CNNC1c1ccccc1)N1CCN(S(=O)(=O)c2ccc(Cl)s2)CC1. The topological polar surface area (TPSA) is 81.8 Å². The Morgan fingerprint density at radius 1 is 1.07 bits per heavy atom. The van der Waals surface area contributed by atoms with Crippen molar-refractivity contribution in [2.24, 2.45) is 5.92 Å². The number of hydrogen-bond donors (Lipinski definition) is 2. The largest absolute Gasteiger partial charge is 0.340 e. The van der Waals surface area contributed by atoms with Gasteiger partial charge in [0.1, 0.15) is 4.21 Å². The van der Waals surface area contributed by atoms with E-state index in [1.807, 2.05) is 30.3 Å². The van der Waals surface area contributed by atoms with E-state index in [-0.39, 0.29) is 35.2 Å². The first-order valence-electron chi connectivity index (χ1n) is 9.04. The van der Waals surface area contributed by atoms with Crippen LogP contribution in [-0.4, -0.2) is 56.3 Å². The number of piperazine rings is 1. The lowest BCUT2D eigenvalue weighted by Crippen LogP contribution is -2.52. The van der Waals surface area contributed by atoms with Crippen LogP contribution in [0.3, 0.4) is 0 Å². The van der Waals surface area contributed by atoms with Crippen molar-refractivity contribution in [2.75, 3.05) is 32.7 Å². The Hall–Kier alpha value is -1.49. The van der Waals surface area contributed by atoms with Gasteiger partial charge in [0.25, 0.3) is 10.0 Å². The Bertz CT molecular complexity index is 943. The van der Waals surface area contributed by atoms with Crippen LogP contribution < -0.4 is 10.9 Å². The van der Waals surface area contributed by atoms with Crippen molar-refractivity contribution in [3.63, 3.8) is 0 Å². The first-order chi connectivity index (χ1) is 13.5. The molecule has 2 unspecified atom stereocenters. The molecule has 2 aromatic rings. The van der Waals surface area contributed by atoms with Gasteiger partial charge in [-0.3, -0.25) is 10.2 Å². The molecule has 150 valence electrons. The van der Waals surface area contributed by atoms with Crippen molar-refractivity contribution in [1.82, 2.24) is 20.1 Å². The predicted molar refractivity (Wildman–Crippen MR) is 108 cm³/mol. The molecule has 1 aromatic carbocycles. The quantitative estimate of drug-likeness (QED) is 0.756. The molecule has 2 N–H and O–H groups in total. The number of carbonyl (C=O) groups is 1. The summed E-state index contributed by atoms with van der Waals surface area (Å²) in [6.45, 7) is 1.88. The van der Waals surface area contributed by atoms with E-state index >= 15 is 0 Å². The molecule has 0 spiro atoms. The molecule has 2 saturated heterocycles. The van der Waals surface area contributed by atoms with E-state index in [1.54, 1.807) is 11.0 Å². The summed E-state index contributed by atoms with van der Waals surface area (Å²) in [7, 11) is -3.56. The minimum Gasteiger partial charge on any atom is -0.340 e. The number of amides is 1. The molecule has 2 atom stereocenters. The highest BCUT2D eigenvalue weighted by atomic mass is 35.5. The lowest BCUT2D eigenvalue weighted by Gasteiger charge is -2.35.